The van der Waals surface area contributed by atoms with Crippen LogP contribution in [0.3, 0.4) is 0 Å². The number of imidazole rings is 1. The predicted molar refractivity (Wildman–Crippen MR) is 103 cm³/mol. The molecular formula is C18H19IN4. The lowest BCUT2D eigenvalue weighted by atomic mass is 10.2. The Balaban J connectivity index is 1.75. The molecule has 1 aromatic heterocycles. The lowest BCUT2D eigenvalue weighted by Crippen LogP contribution is -2.43. The second-order valence-corrected chi connectivity index (χ2v) is 7.23. The molecule has 2 aromatic carbocycles. The molecule has 23 heavy (non-hydrogen) atoms. The van der Waals surface area contributed by atoms with Gasteiger partial charge in [0.15, 0.2) is 0 Å². The number of nitrogens with zero attached hydrogens (tertiary/aromatic N) is 4. The van der Waals surface area contributed by atoms with E-state index in [-0.39, 0.29) is 0 Å². The lowest BCUT2D eigenvalue weighted by Gasteiger charge is -2.32. The zero-order valence-corrected chi connectivity index (χ0v) is 15.1. The fourth-order valence-electron chi connectivity index (χ4n) is 3.11. The van der Waals surface area contributed by atoms with Crippen molar-refractivity contribution in [2.45, 2.75) is 6.54 Å². The lowest BCUT2D eigenvalue weighted by molar-refractivity contribution is 0.453. The number of aromatic nitrogens is 2. The number of benzene rings is 2. The van der Waals surface area contributed by atoms with Gasteiger partial charge in [-0.3, -0.25) is 0 Å². The van der Waals surface area contributed by atoms with Crippen LogP contribution in [0, 0.1) is 0 Å². The Morgan fingerprint density at radius 3 is 2.35 bits per heavy atom. The van der Waals surface area contributed by atoms with E-state index in [4.69, 9.17) is 4.98 Å². The first-order chi connectivity index (χ1) is 11.3. The number of rotatable bonds is 3. The number of hydrogen-bond donors (Lipinski definition) is 0. The van der Waals surface area contributed by atoms with E-state index in [1.54, 1.807) is 0 Å². The minimum atomic E-state index is 0.862. The minimum Gasteiger partial charge on any atom is -0.340 e. The summed E-state index contributed by atoms with van der Waals surface area (Å²) in [6, 6.07) is 19.1. The quantitative estimate of drug-likeness (QED) is 0.481. The van der Waals surface area contributed by atoms with Gasteiger partial charge in [0, 0.05) is 49.0 Å². The molecule has 1 aliphatic rings. The van der Waals surface area contributed by atoms with Gasteiger partial charge in [0.05, 0.1) is 17.6 Å². The van der Waals surface area contributed by atoms with Crippen molar-refractivity contribution in [3.05, 3.63) is 60.2 Å². The Labute approximate surface area is 150 Å². The highest BCUT2D eigenvalue weighted by Crippen LogP contribution is 2.25. The van der Waals surface area contributed by atoms with Gasteiger partial charge >= 0.3 is 0 Å². The summed E-state index contributed by atoms with van der Waals surface area (Å²) < 4.78 is 4.70. The van der Waals surface area contributed by atoms with Crippen molar-refractivity contribution in [1.29, 1.82) is 0 Å². The summed E-state index contributed by atoms with van der Waals surface area (Å²) in [5.74, 6) is 1.10. The molecule has 2 heterocycles. The molecule has 1 fully saturated rings. The predicted octanol–water partition coefficient (Wildman–Crippen LogP) is 3.56. The van der Waals surface area contributed by atoms with Crippen LogP contribution in [-0.2, 0) is 6.54 Å². The summed E-state index contributed by atoms with van der Waals surface area (Å²) in [5.41, 5.74) is 3.60. The van der Waals surface area contributed by atoms with Crippen molar-refractivity contribution >= 4 is 39.8 Å². The summed E-state index contributed by atoms with van der Waals surface area (Å²) in [6.07, 6.45) is 0. The van der Waals surface area contributed by atoms with Crippen LogP contribution in [0.5, 0.6) is 0 Å². The second kappa shape index (κ2) is 6.49. The molecule has 0 saturated carbocycles. The summed E-state index contributed by atoms with van der Waals surface area (Å²) in [4.78, 5) is 7.34. The van der Waals surface area contributed by atoms with Gasteiger partial charge in [0.2, 0.25) is 5.95 Å². The van der Waals surface area contributed by atoms with Crippen molar-refractivity contribution in [3.8, 4) is 0 Å². The van der Waals surface area contributed by atoms with E-state index in [1.807, 2.05) is 0 Å². The van der Waals surface area contributed by atoms with Gasteiger partial charge in [0.25, 0.3) is 0 Å². The largest absolute Gasteiger partial charge is 0.340 e. The maximum atomic E-state index is 4.93. The van der Waals surface area contributed by atoms with Gasteiger partial charge < -0.3 is 9.47 Å². The molecule has 0 unspecified atom stereocenters. The molecule has 0 bridgehead atoms. The number of piperazine rings is 1. The van der Waals surface area contributed by atoms with Crippen molar-refractivity contribution in [3.63, 3.8) is 0 Å². The average Bonchev–Trinajstić information content (AvgIpc) is 2.95. The average molecular weight is 418 g/mol. The van der Waals surface area contributed by atoms with Gasteiger partial charge in [0.1, 0.15) is 0 Å². The normalized spacial score (nSPS) is 16.1. The number of hydrogen-bond acceptors (Lipinski definition) is 3. The third-order valence-corrected chi connectivity index (χ3v) is 5.29. The van der Waals surface area contributed by atoms with Gasteiger partial charge in [-0.1, -0.05) is 42.5 Å². The zero-order valence-electron chi connectivity index (χ0n) is 12.9. The highest BCUT2D eigenvalue weighted by molar-refractivity contribution is 14.1. The van der Waals surface area contributed by atoms with E-state index in [9.17, 15) is 0 Å². The first-order valence-electron chi connectivity index (χ1n) is 7.96. The summed E-state index contributed by atoms with van der Waals surface area (Å²) in [5, 5.41) is 0. The van der Waals surface area contributed by atoms with Crippen LogP contribution in [0.15, 0.2) is 54.6 Å². The molecule has 0 N–H and O–H groups in total. The van der Waals surface area contributed by atoms with Crippen LogP contribution in [0.4, 0.5) is 5.95 Å². The van der Waals surface area contributed by atoms with Gasteiger partial charge in [-0.15, -0.1) is 0 Å². The number of halogens is 1. The van der Waals surface area contributed by atoms with Gasteiger partial charge in [-0.05, 0) is 17.7 Å². The van der Waals surface area contributed by atoms with E-state index in [0.29, 0.717) is 0 Å². The fraction of sp³-hybridized carbons (Fsp3) is 0.278. The summed E-state index contributed by atoms with van der Waals surface area (Å²) in [7, 11) is 0. The standard InChI is InChI=1S/C18H19IN4/c19-22-12-10-21(11-13-22)18-20-16-8-4-5-9-17(16)23(18)14-15-6-2-1-3-7-15/h1-9H,10-14H2. The highest BCUT2D eigenvalue weighted by atomic mass is 127. The Morgan fingerprint density at radius 2 is 1.57 bits per heavy atom. The SMILES string of the molecule is IN1CCN(c2nc3ccccc3n2Cc2ccccc2)CC1. The van der Waals surface area contributed by atoms with E-state index in [1.165, 1.54) is 11.1 Å². The monoisotopic (exact) mass is 418 g/mol. The second-order valence-electron chi connectivity index (χ2n) is 5.87. The number of anilines is 1. The Bertz CT molecular complexity index is 791. The van der Waals surface area contributed by atoms with Crippen molar-refractivity contribution in [2.75, 3.05) is 31.1 Å². The van der Waals surface area contributed by atoms with Crippen molar-refractivity contribution < 1.29 is 0 Å². The Hall–Kier alpha value is -1.60. The van der Waals surface area contributed by atoms with E-state index < -0.39 is 0 Å². The van der Waals surface area contributed by atoms with E-state index in [0.717, 1.165) is 44.2 Å². The van der Waals surface area contributed by atoms with Crippen LogP contribution in [0.1, 0.15) is 5.56 Å². The zero-order chi connectivity index (χ0) is 15.6. The molecule has 0 atom stereocenters. The van der Waals surface area contributed by atoms with Crippen LogP contribution in [0.25, 0.3) is 11.0 Å². The van der Waals surface area contributed by atoms with Gasteiger partial charge in [-0.25, -0.2) is 8.10 Å². The summed E-state index contributed by atoms with van der Waals surface area (Å²) in [6.45, 7) is 5.08. The molecule has 5 heteroatoms. The first-order valence-corrected chi connectivity index (χ1v) is 8.92. The molecular weight excluding hydrogens is 399 g/mol. The number of para-hydroxylation sites is 2. The van der Waals surface area contributed by atoms with Gasteiger partial charge in [-0.2, -0.15) is 0 Å². The minimum absolute atomic E-state index is 0.862. The van der Waals surface area contributed by atoms with E-state index >= 15 is 0 Å². The molecule has 0 amide bonds. The van der Waals surface area contributed by atoms with Crippen LogP contribution < -0.4 is 4.90 Å². The molecule has 1 aliphatic heterocycles. The molecule has 0 spiro atoms. The molecule has 0 radical (unpaired) electrons. The molecule has 1 saturated heterocycles. The third-order valence-electron chi connectivity index (χ3n) is 4.33. The van der Waals surface area contributed by atoms with Crippen LogP contribution in [0.2, 0.25) is 0 Å². The fourth-order valence-corrected chi connectivity index (χ4v) is 3.54. The molecule has 3 aromatic rings. The van der Waals surface area contributed by atoms with Crippen LogP contribution >= 0.6 is 22.9 Å². The molecule has 4 nitrogen and oxygen atoms in total. The van der Waals surface area contributed by atoms with Crippen molar-refractivity contribution in [1.82, 2.24) is 12.7 Å². The Kier molecular flexibility index (Phi) is 4.22. The molecule has 4 rings (SSSR count). The maximum absolute atomic E-state index is 4.93. The first kappa shape index (κ1) is 15.0. The molecule has 0 aliphatic carbocycles. The third kappa shape index (κ3) is 3.07. The smallest absolute Gasteiger partial charge is 0.206 e. The maximum Gasteiger partial charge on any atom is 0.206 e. The summed E-state index contributed by atoms with van der Waals surface area (Å²) >= 11 is 2.41. The topological polar surface area (TPSA) is 24.3 Å². The number of fused-ring (bicyclic) bond motifs is 1. The highest BCUT2D eigenvalue weighted by Gasteiger charge is 2.21. The Morgan fingerprint density at radius 1 is 0.870 bits per heavy atom. The van der Waals surface area contributed by atoms with Crippen LogP contribution in [-0.4, -0.2) is 38.8 Å². The molecule has 118 valence electrons. The van der Waals surface area contributed by atoms with Crippen molar-refractivity contribution in [2.24, 2.45) is 0 Å². The van der Waals surface area contributed by atoms with E-state index in [2.05, 4.69) is 90.0 Å².